The van der Waals surface area contributed by atoms with Crippen LogP contribution in [0, 0.1) is 0 Å². The van der Waals surface area contributed by atoms with Gasteiger partial charge in [-0.25, -0.2) is 0 Å². The number of hydrogen-bond acceptors (Lipinski definition) is 0. The average Bonchev–Trinajstić information content (AvgIpc) is 3.20. The fourth-order valence-corrected chi connectivity index (χ4v) is 15.0. The molecule has 0 N–H and O–H groups in total. The Balaban J connectivity index is 1.92. The van der Waals surface area contributed by atoms with Crippen molar-refractivity contribution in [1.29, 1.82) is 0 Å². The number of fused-ring (bicyclic) bond motifs is 3. The first-order valence-corrected chi connectivity index (χ1v) is 14.1. The first-order valence-electron chi connectivity index (χ1n) is 8.14. The van der Waals surface area contributed by atoms with Crippen molar-refractivity contribution >= 4 is 3.76 Å². The minimum absolute atomic E-state index is 0.684. The van der Waals surface area contributed by atoms with Crippen LogP contribution in [0.1, 0.15) is 34.6 Å². The van der Waals surface area contributed by atoms with Gasteiger partial charge in [-0.15, -0.1) is 0 Å². The van der Waals surface area contributed by atoms with Gasteiger partial charge in [0.25, 0.3) is 0 Å². The summed E-state index contributed by atoms with van der Waals surface area (Å²) in [5, 5.41) is 0. The van der Waals surface area contributed by atoms with E-state index in [4.69, 9.17) is 0 Å². The van der Waals surface area contributed by atoms with Gasteiger partial charge in [-0.3, -0.25) is 0 Å². The van der Waals surface area contributed by atoms with Crippen molar-refractivity contribution in [3.05, 3.63) is 81.2 Å². The van der Waals surface area contributed by atoms with Crippen LogP contribution in [0.3, 0.4) is 0 Å². The van der Waals surface area contributed by atoms with Crippen molar-refractivity contribution < 1.29 is 21.0 Å². The molecular formula is C21H20Hf. The van der Waals surface area contributed by atoms with Crippen LogP contribution < -0.4 is 0 Å². The zero-order valence-electron chi connectivity index (χ0n) is 12.9. The van der Waals surface area contributed by atoms with Gasteiger partial charge < -0.3 is 0 Å². The molecule has 0 heterocycles. The molecule has 2 aromatic carbocycles. The molecule has 0 amide bonds. The number of allylic oxidation sites excluding steroid dienone is 4. The summed E-state index contributed by atoms with van der Waals surface area (Å²) in [6.45, 7) is 2.31. The van der Waals surface area contributed by atoms with E-state index >= 15 is 0 Å². The van der Waals surface area contributed by atoms with Crippen LogP contribution in [0.5, 0.6) is 0 Å². The van der Waals surface area contributed by atoms with Gasteiger partial charge in [-0.05, 0) is 0 Å². The summed E-state index contributed by atoms with van der Waals surface area (Å²) < 4.78 is 5.17. The predicted octanol–water partition coefficient (Wildman–Crippen LogP) is 5.43. The fourth-order valence-electron chi connectivity index (χ4n) is 3.81. The van der Waals surface area contributed by atoms with Crippen LogP contribution in [-0.2, 0) is 21.0 Å². The Labute approximate surface area is 140 Å². The third-order valence-corrected chi connectivity index (χ3v) is 16.2. The molecule has 2 aromatic rings. The Kier molecular flexibility index (Phi) is 3.92. The normalized spacial score (nSPS) is 16.6. The molecule has 108 valence electrons. The second-order valence-corrected chi connectivity index (χ2v) is 15.1. The third-order valence-electron chi connectivity index (χ3n) is 4.71. The fraction of sp³-hybridized carbons (Fsp3) is 0.190. The molecule has 0 spiro atoms. The van der Waals surface area contributed by atoms with Crippen molar-refractivity contribution in [1.82, 2.24) is 0 Å². The van der Waals surface area contributed by atoms with Crippen LogP contribution >= 0.6 is 0 Å². The standard InChI is InChI=1S/C13H9.C5H5.C3H6.Hf/c1-3-7-12-10(5-1)9-11-6-2-4-8-13(11)12;1-2-4-5-3-1;1-3-2;/h1-9H;1-3H,4H2;1H,3H2,2H3;. The van der Waals surface area contributed by atoms with Gasteiger partial charge in [-0.1, -0.05) is 0 Å². The van der Waals surface area contributed by atoms with Crippen molar-refractivity contribution in [2.45, 2.75) is 23.4 Å². The first kappa shape index (κ1) is 14.3. The van der Waals surface area contributed by atoms with E-state index in [1.165, 1.54) is 24.0 Å². The zero-order chi connectivity index (χ0) is 14.9. The van der Waals surface area contributed by atoms with Crippen molar-refractivity contribution in [2.75, 3.05) is 0 Å². The summed E-state index contributed by atoms with van der Waals surface area (Å²) in [5.41, 5.74) is 6.12. The molecule has 0 atom stereocenters. The van der Waals surface area contributed by atoms with Crippen LogP contribution in [0.15, 0.2) is 70.1 Å². The van der Waals surface area contributed by atoms with Crippen LogP contribution in [0.2, 0.25) is 0 Å². The first-order chi connectivity index (χ1) is 10.9. The molecule has 2 aliphatic rings. The van der Waals surface area contributed by atoms with E-state index in [0.29, 0.717) is 3.67 Å². The molecule has 0 aliphatic heterocycles. The van der Waals surface area contributed by atoms with Crippen LogP contribution in [0.4, 0.5) is 0 Å². The summed E-state index contributed by atoms with van der Waals surface area (Å²) >= 11 is -2.02. The summed E-state index contributed by atoms with van der Waals surface area (Å²) in [4.78, 5) is 0. The molecule has 0 unspecified atom stereocenters. The van der Waals surface area contributed by atoms with Gasteiger partial charge in [0, 0.05) is 0 Å². The molecule has 0 bridgehead atoms. The maximum atomic E-state index is 2.72. The molecule has 22 heavy (non-hydrogen) atoms. The Hall–Kier alpha value is -1.34. The summed E-state index contributed by atoms with van der Waals surface area (Å²) in [5.74, 6) is 0. The van der Waals surface area contributed by atoms with E-state index in [1.807, 2.05) is 0 Å². The molecule has 0 saturated carbocycles. The number of rotatable bonds is 3. The second-order valence-electron chi connectivity index (χ2n) is 6.00. The molecular weight excluding hydrogens is 431 g/mol. The molecule has 0 saturated heterocycles. The van der Waals surface area contributed by atoms with Crippen molar-refractivity contribution in [2.24, 2.45) is 0 Å². The Morgan fingerprint density at radius 1 is 1.00 bits per heavy atom. The second kappa shape index (κ2) is 6.04. The van der Waals surface area contributed by atoms with Crippen LogP contribution in [0.25, 0.3) is 11.1 Å². The number of benzene rings is 2. The van der Waals surface area contributed by atoms with E-state index < -0.39 is 21.0 Å². The molecule has 0 aromatic heterocycles. The van der Waals surface area contributed by atoms with E-state index in [-0.39, 0.29) is 0 Å². The van der Waals surface area contributed by atoms with E-state index in [0.717, 1.165) is 0 Å². The Morgan fingerprint density at radius 3 is 2.18 bits per heavy atom. The van der Waals surface area contributed by atoms with Gasteiger partial charge >= 0.3 is 140 Å². The minimum atomic E-state index is -2.02. The third kappa shape index (κ3) is 2.27. The molecule has 0 fully saturated rings. The summed E-state index contributed by atoms with van der Waals surface area (Å²) in [6.07, 6.45) is 9.41. The van der Waals surface area contributed by atoms with Gasteiger partial charge in [0.15, 0.2) is 0 Å². The Morgan fingerprint density at radius 2 is 1.64 bits per heavy atom. The number of hydrogen-bond donors (Lipinski definition) is 0. The van der Waals surface area contributed by atoms with E-state index in [9.17, 15) is 0 Å². The van der Waals surface area contributed by atoms with Crippen molar-refractivity contribution in [3.8, 4) is 11.1 Å². The van der Waals surface area contributed by atoms with Crippen molar-refractivity contribution in [3.63, 3.8) is 0 Å². The molecule has 0 radical (unpaired) electrons. The molecule has 1 heteroatoms. The summed E-state index contributed by atoms with van der Waals surface area (Å²) in [6, 6.07) is 18.2. The molecule has 4 rings (SSSR count). The van der Waals surface area contributed by atoms with Crippen LogP contribution in [-0.4, -0.2) is 3.76 Å². The van der Waals surface area contributed by atoms with Gasteiger partial charge in [0.05, 0.1) is 0 Å². The van der Waals surface area contributed by atoms with E-state index in [2.05, 4.69) is 77.4 Å². The molecule has 0 nitrogen and oxygen atoms in total. The quantitative estimate of drug-likeness (QED) is 0.547. The monoisotopic (exact) mass is 452 g/mol. The predicted molar refractivity (Wildman–Crippen MR) is 91.9 cm³/mol. The molecule has 2 aliphatic carbocycles. The maximum absolute atomic E-state index is 2.72. The average molecular weight is 451 g/mol. The zero-order valence-corrected chi connectivity index (χ0v) is 16.5. The summed E-state index contributed by atoms with van der Waals surface area (Å²) in [7, 11) is 0. The van der Waals surface area contributed by atoms with Gasteiger partial charge in [-0.2, -0.15) is 0 Å². The topological polar surface area (TPSA) is 0 Å². The Bertz CT molecular complexity index is 763. The van der Waals surface area contributed by atoms with Gasteiger partial charge in [0.1, 0.15) is 0 Å². The van der Waals surface area contributed by atoms with Gasteiger partial charge in [0.2, 0.25) is 0 Å². The SMILES string of the molecule is CC[CH]=[Hf]([C]1=CC=CC1)[CH]1c2ccccc2-c2ccccc21. The van der Waals surface area contributed by atoms with E-state index in [1.54, 1.807) is 14.5 Å².